The molecule has 1 aliphatic carbocycles. The highest BCUT2D eigenvalue weighted by atomic mass is 32.1. The van der Waals surface area contributed by atoms with Crippen LogP contribution in [-0.2, 0) is 6.42 Å². The first-order valence-electron chi connectivity index (χ1n) is 5.84. The molecule has 0 unspecified atom stereocenters. The molecule has 1 aliphatic rings. The molecule has 3 nitrogen and oxygen atoms in total. The molecule has 1 aromatic heterocycles. The van der Waals surface area contributed by atoms with Crippen molar-refractivity contribution in [3.05, 3.63) is 16.6 Å². The van der Waals surface area contributed by atoms with E-state index in [1.807, 2.05) is 5.38 Å². The predicted molar refractivity (Wildman–Crippen MR) is 64.3 cm³/mol. The lowest BCUT2D eigenvalue weighted by molar-refractivity contribution is -0.00368. The van der Waals surface area contributed by atoms with Crippen molar-refractivity contribution < 1.29 is 10.2 Å². The van der Waals surface area contributed by atoms with Crippen molar-refractivity contribution in [1.82, 2.24) is 4.98 Å². The molecule has 4 heteroatoms. The number of hydrogen-bond donors (Lipinski definition) is 2. The third-order valence-corrected chi connectivity index (χ3v) is 4.43. The van der Waals surface area contributed by atoms with E-state index >= 15 is 0 Å². The van der Waals surface area contributed by atoms with Gasteiger partial charge in [0.1, 0.15) is 0 Å². The molecule has 90 valence electrons. The minimum atomic E-state index is -0.587. The van der Waals surface area contributed by atoms with Crippen LogP contribution in [0.3, 0.4) is 0 Å². The number of aromatic nitrogens is 1. The standard InChI is InChI=1S/C12H19NO2S/c1-7(2)9-5-8(11(14)12(9)15)6-10-13-3-4-16-10/h3-4,7-9,11-12,14-15H,5-6H2,1-2H3/t8-,9+,11-,12+/m1/s1. The van der Waals surface area contributed by atoms with E-state index in [1.54, 1.807) is 17.5 Å². The highest BCUT2D eigenvalue weighted by molar-refractivity contribution is 7.09. The summed E-state index contributed by atoms with van der Waals surface area (Å²) < 4.78 is 0. The SMILES string of the molecule is CC(C)[C@@H]1C[C@H](Cc2nccs2)[C@@H](O)[C@H]1O. The van der Waals surface area contributed by atoms with Crippen molar-refractivity contribution in [2.24, 2.45) is 17.8 Å². The van der Waals surface area contributed by atoms with Gasteiger partial charge in [-0.1, -0.05) is 13.8 Å². The van der Waals surface area contributed by atoms with Gasteiger partial charge in [0.25, 0.3) is 0 Å². The molecular formula is C12H19NO2S. The number of aliphatic hydroxyl groups excluding tert-OH is 2. The van der Waals surface area contributed by atoms with E-state index in [4.69, 9.17) is 0 Å². The highest BCUT2D eigenvalue weighted by Gasteiger charge is 2.42. The van der Waals surface area contributed by atoms with Crippen LogP contribution in [0.1, 0.15) is 25.3 Å². The van der Waals surface area contributed by atoms with E-state index in [-0.39, 0.29) is 11.8 Å². The largest absolute Gasteiger partial charge is 0.390 e. The third-order valence-electron chi connectivity index (χ3n) is 3.62. The molecular weight excluding hydrogens is 222 g/mol. The molecule has 0 aliphatic heterocycles. The van der Waals surface area contributed by atoms with Gasteiger partial charge in [0.15, 0.2) is 0 Å². The molecule has 0 spiro atoms. The minimum absolute atomic E-state index is 0.161. The number of thiazole rings is 1. The summed E-state index contributed by atoms with van der Waals surface area (Å²) in [7, 11) is 0. The van der Waals surface area contributed by atoms with E-state index in [2.05, 4.69) is 18.8 Å². The summed E-state index contributed by atoms with van der Waals surface area (Å²) >= 11 is 1.62. The maximum absolute atomic E-state index is 10.0. The van der Waals surface area contributed by atoms with Crippen LogP contribution < -0.4 is 0 Å². The number of hydrogen-bond acceptors (Lipinski definition) is 4. The first-order valence-corrected chi connectivity index (χ1v) is 6.72. The van der Waals surface area contributed by atoms with Gasteiger partial charge >= 0.3 is 0 Å². The molecule has 0 amide bonds. The fraction of sp³-hybridized carbons (Fsp3) is 0.750. The van der Waals surface area contributed by atoms with Crippen LogP contribution in [-0.4, -0.2) is 27.4 Å². The Balaban J connectivity index is 2.02. The Kier molecular flexibility index (Phi) is 3.62. The second-order valence-corrected chi connectivity index (χ2v) is 5.99. The zero-order chi connectivity index (χ0) is 11.7. The molecule has 4 atom stereocenters. The van der Waals surface area contributed by atoms with Gasteiger partial charge in [-0.25, -0.2) is 4.98 Å². The Morgan fingerprint density at radius 2 is 2.19 bits per heavy atom. The van der Waals surface area contributed by atoms with E-state index < -0.39 is 12.2 Å². The number of nitrogens with zero attached hydrogens (tertiary/aromatic N) is 1. The van der Waals surface area contributed by atoms with Gasteiger partial charge in [0, 0.05) is 18.0 Å². The molecule has 1 heterocycles. The first-order chi connectivity index (χ1) is 7.59. The quantitative estimate of drug-likeness (QED) is 0.847. The van der Waals surface area contributed by atoms with Crippen LogP contribution >= 0.6 is 11.3 Å². The van der Waals surface area contributed by atoms with Crippen LogP contribution in [0.4, 0.5) is 0 Å². The minimum Gasteiger partial charge on any atom is -0.390 e. The lowest BCUT2D eigenvalue weighted by Crippen LogP contribution is -2.30. The van der Waals surface area contributed by atoms with Gasteiger partial charge in [-0.15, -0.1) is 11.3 Å². The summed E-state index contributed by atoms with van der Waals surface area (Å²) in [6, 6.07) is 0. The monoisotopic (exact) mass is 241 g/mol. The Bertz CT molecular complexity index is 326. The summed E-state index contributed by atoms with van der Waals surface area (Å²) in [6.45, 7) is 4.21. The van der Waals surface area contributed by atoms with Crippen molar-refractivity contribution in [1.29, 1.82) is 0 Å². The molecule has 0 aromatic carbocycles. The average Bonchev–Trinajstić information content (AvgIpc) is 2.82. The summed E-state index contributed by atoms with van der Waals surface area (Å²) in [5, 5.41) is 23.0. The fourth-order valence-electron chi connectivity index (χ4n) is 2.61. The molecule has 0 saturated heterocycles. The van der Waals surface area contributed by atoms with Gasteiger partial charge in [-0.2, -0.15) is 0 Å². The Morgan fingerprint density at radius 3 is 2.69 bits per heavy atom. The Hall–Kier alpha value is -0.450. The van der Waals surface area contributed by atoms with Gasteiger partial charge in [0.2, 0.25) is 0 Å². The zero-order valence-electron chi connectivity index (χ0n) is 9.71. The first kappa shape index (κ1) is 12.0. The van der Waals surface area contributed by atoms with Crippen molar-refractivity contribution in [3.63, 3.8) is 0 Å². The molecule has 2 rings (SSSR count). The normalized spacial score (nSPS) is 34.8. The van der Waals surface area contributed by atoms with Crippen molar-refractivity contribution in [3.8, 4) is 0 Å². The summed E-state index contributed by atoms with van der Waals surface area (Å²) in [6.07, 6.45) is 2.33. The van der Waals surface area contributed by atoms with E-state index in [9.17, 15) is 10.2 Å². The maximum Gasteiger partial charge on any atom is 0.0928 e. The van der Waals surface area contributed by atoms with Gasteiger partial charge in [0.05, 0.1) is 17.2 Å². The van der Waals surface area contributed by atoms with Gasteiger partial charge < -0.3 is 10.2 Å². The van der Waals surface area contributed by atoms with Crippen LogP contribution in [0.25, 0.3) is 0 Å². The van der Waals surface area contributed by atoms with Gasteiger partial charge in [-0.3, -0.25) is 0 Å². The fourth-order valence-corrected chi connectivity index (χ4v) is 3.32. The molecule has 1 aromatic rings. The van der Waals surface area contributed by atoms with Crippen molar-refractivity contribution in [2.45, 2.75) is 38.9 Å². The van der Waals surface area contributed by atoms with Crippen LogP contribution in [0, 0.1) is 17.8 Å². The van der Waals surface area contributed by atoms with Gasteiger partial charge in [-0.05, 0) is 24.2 Å². The maximum atomic E-state index is 10.0. The van der Waals surface area contributed by atoms with E-state index in [1.165, 1.54) is 0 Å². The van der Waals surface area contributed by atoms with Crippen molar-refractivity contribution in [2.75, 3.05) is 0 Å². The molecule has 1 fully saturated rings. The van der Waals surface area contributed by atoms with E-state index in [0.717, 1.165) is 17.8 Å². The smallest absolute Gasteiger partial charge is 0.0928 e. The predicted octanol–water partition coefficient (Wildman–Crippen LogP) is 1.70. The molecule has 0 radical (unpaired) electrons. The lowest BCUT2D eigenvalue weighted by atomic mass is 9.91. The Labute approximate surface area is 100 Å². The number of rotatable bonds is 3. The van der Waals surface area contributed by atoms with Crippen LogP contribution in [0.2, 0.25) is 0 Å². The second kappa shape index (κ2) is 4.82. The summed E-state index contributed by atoms with van der Waals surface area (Å²) in [5.74, 6) is 0.805. The lowest BCUT2D eigenvalue weighted by Gasteiger charge is -2.19. The zero-order valence-corrected chi connectivity index (χ0v) is 10.5. The third kappa shape index (κ3) is 2.29. The molecule has 2 N–H and O–H groups in total. The topological polar surface area (TPSA) is 53.4 Å². The van der Waals surface area contributed by atoms with E-state index in [0.29, 0.717) is 5.92 Å². The summed E-state index contributed by atoms with van der Waals surface area (Å²) in [5.41, 5.74) is 0. The average molecular weight is 241 g/mol. The Morgan fingerprint density at radius 1 is 1.44 bits per heavy atom. The molecule has 0 bridgehead atoms. The second-order valence-electron chi connectivity index (χ2n) is 5.01. The summed E-state index contributed by atoms with van der Waals surface area (Å²) in [4.78, 5) is 4.23. The van der Waals surface area contributed by atoms with Crippen LogP contribution in [0.15, 0.2) is 11.6 Å². The number of aliphatic hydroxyl groups is 2. The van der Waals surface area contributed by atoms with Crippen molar-refractivity contribution >= 4 is 11.3 Å². The highest BCUT2D eigenvalue weighted by Crippen LogP contribution is 2.38. The molecule has 1 saturated carbocycles. The van der Waals surface area contributed by atoms with Crippen LogP contribution in [0.5, 0.6) is 0 Å². The molecule has 16 heavy (non-hydrogen) atoms.